The summed E-state index contributed by atoms with van der Waals surface area (Å²) in [7, 11) is 0. The molecule has 1 aromatic carbocycles. The number of hydrogen-bond acceptors (Lipinski definition) is 2. The molecule has 3 rings (SSSR count). The lowest BCUT2D eigenvalue weighted by Crippen LogP contribution is -2.27. The number of aromatic nitrogens is 2. The van der Waals surface area contributed by atoms with E-state index in [0.717, 1.165) is 25.2 Å². The van der Waals surface area contributed by atoms with Gasteiger partial charge < -0.3 is 14.5 Å². The number of para-hydroxylation sites is 1. The molecular weight excluding hydrogens is 261 g/mol. The topological polar surface area (TPSA) is 24.0 Å². The van der Waals surface area contributed by atoms with Crippen molar-refractivity contribution in [2.24, 2.45) is 0 Å². The minimum Gasteiger partial charge on any atom is -0.328 e. The number of hydrogen-bond donors (Lipinski definition) is 1. The van der Waals surface area contributed by atoms with Gasteiger partial charge in [0.25, 0.3) is 0 Å². The van der Waals surface area contributed by atoms with Gasteiger partial charge in [-0.25, -0.2) is 4.39 Å². The maximum Gasteiger partial charge on any atom is 0.178 e. The first kappa shape index (κ1) is 12.8. The summed E-state index contributed by atoms with van der Waals surface area (Å²) < 4.78 is 16.4. The number of nitrogens with zero attached hydrogens (tertiary/aromatic N) is 2. The van der Waals surface area contributed by atoms with Gasteiger partial charge in [-0.15, -0.1) is 0 Å². The maximum atomic E-state index is 13.7. The van der Waals surface area contributed by atoms with Crippen molar-refractivity contribution in [2.45, 2.75) is 25.8 Å². The molecule has 5 heteroatoms. The lowest BCUT2D eigenvalue weighted by molar-refractivity contribution is 0.289. The molecule has 2 heterocycles. The minimum absolute atomic E-state index is 0.240. The third-order valence-corrected chi connectivity index (χ3v) is 4.16. The van der Waals surface area contributed by atoms with Crippen LogP contribution in [0.25, 0.3) is 11.0 Å². The molecule has 0 spiro atoms. The average Bonchev–Trinajstić information content (AvgIpc) is 2.96. The first-order valence-electron chi connectivity index (χ1n) is 6.78. The highest BCUT2D eigenvalue weighted by Crippen LogP contribution is 2.22. The molecule has 0 radical (unpaired) electrons. The number of rotatable bonds is 3. The SMILES string of the molecule is CC(CN1CCCC1)n1c(=S)[nH]c2c(F)cccc21. The van der Waals surface area contributed by atoms with E-state index in [1.54, 1.807) is 6.07 Å². The van der Waals surface area contributed by atoms with Crippen LogP contribution >= 0.6 is 12.2 Å². The number of nitrogens with one attached hydrogen (secondary N) is 1. The van der Waals surface area contributed by atoms with E-state index in [-0.39, 0.29) is 11.9 Å². The zero-order chi connectivity index (χ0) is 13.4. The van der Waals surface area contributed by atoms with Crippen LogP contribution in [0.4, 0.5) is 4.39 Å². The van der Waals surface area contributed by atoms with Crippen LogP contribution in [-0.2, 0) is 0 Å². The van der Waals surface area contributed by atoms with Crippen molar-refractivity contribution in [3.8, 4) is 0 Å². The first-order chi connectivity index (χ1) is 9.16. The molecule has 102 valence electrons. The van der Waals surface area contributed by atoms with E-state index in [1.807, 2.05) is 10.6 Å². The summed E-state index contributed by atoms with van der Waals surface area (Å²) in [5.41, 5.74) is 1.37. The number of H-pyrrole nitrogens is 1. The molecule has 0 amide bonds. The summed E-state index contributed by atoms with van der Waals surface area (Å²) in [6, 6.07) is 5.37. The second-order valence-corrected chi connectivity index (χ2v) is 5.68. The summed E-state index contributed by atoms with van der Waals surface area (Å²) >= 11 is 5.35. The second-order valence-electron chi connectivity index (χ2n) is 5.29. The van der Waals surface area contributed by atoms with Crippen molar-refractivity contribution in [1.82, 2.24) is 14.5 Å². The van der Waals surface area contributed by atoms with Gasteiger partial charge in [0.2, 0.25) is 0 Å². The summed E-state index contributed by atoms with van der Waals surface area (Å²) in [5, 5.41) is 0. The predicted octanol–water partition coefficient (Wildman–Crippen LogP) is 3.49. The molecule has 2 aromatic rings. The molecule has 1 saturated heterocycles. The Bertz CT molecular complexity index is 640. The Labute approximate surface area is 117 Å². The highest BCUT2D eigenvalue weighted by Gasteiger charge is 2.18. The third-order valence-electron chi connectivity index (χ3n) is 3.86. The Morgan fingerprint density at radius 2 is 2.11 bits per heavy atom. The lowest BCUT2D eigenvalue weighted by Gasteiger charge is -2.21. The van der Waals surface area contributed by atoms with Gasteiger partial charge >= 0.3 is 0 Å². The predicted molar refractivity (Wildman–Crippen MR) is 77.5 cm³/mol. The summed E-state index contributed by atoms with van der Waals surface area (Å²) in [5.74, 6) is -0.240. The van der Waals surface area contributed by atoms with Crippen LogP contribution in [0, 0.1) is 10.6 Å². The summed E-state index contributed by atoms with van der Waals surface area (Å²) in [6.45, 7) is 5.44. The molecular formula is C14H18FN3S. The first-order valence-corrected chi connectivity index (χ1v) is 7.19. The minimum atomic E-state index is -0.240. The van der Waals surface area contributed by atoms with Crippen molar-refractivity contribution < 1.29 is 4.39 Å². The second kappa shape index (κ2) is 5.06. The molecule has 1 aliphatic heterocycles. The molecule has 1 fully saturated rings. The molecule has 3 nitrogen and oxygen atoms in total. The van der Waals surface area contributed by atoms with Gasteiger partial charge in [-0.2, -0.15) is 0 Å². The van der Waals surface area contributed by atoms with Crippen LogP contribution in [0.3, 0.4) is 0 Å². The smallest absolute Gasteiger partial charge is 0.178 e. The van der Waals surface area contributed by atoms with E-state index < -0.39 is 0 Å². The monoisotopic (exact) mass is 279 g/mol. The summed E-state index contributed by atoms with van der Waals surface area (Å²) in [6.07, 6.45) is 2.56. The van der Waals surface area contributed by atoms with E-state index in [4.69, 9.17) is 12.2 Å². The highest BCUT2D eigenvalue weighted by molar-refractivity contribution is 7.71. The molecule has 0 aliphatic carbocycles. The molecule has 0 saturated carbocycles. The Balaban J connectivity index is 1.97. The molecule has 1 atom stereocenters. The number of likely N-dealkylation sites (tertiary alicyclic amines) is 1. The maximum absolute atomic E-state index is 13.7. The van der Waals surface area contributed by atoms with E-state index in [2.05, 4.69) is 16.8 Å². The van der Waals surface area contributed by atoms with Crippen LogP contribution in [0.5, 0.6) is 0 Å². The number of aromatic amines is 1. The Kier molecular flexibility index (Phi) is 3.41. The fourth-order valence-electron chi connectivity index (χ4n) is 2.97. The molecule has 1 aromatic heterocycles. The molecule has 19 heavy (non-hydrogen) atoms. The van der Waals surface area contributed by atoms with Gasteiger partial charge in [-0.3, -0.25) is 0 Å². The van der Waals surface area contributed by atoms with Gasteiger partial charge in [0.15, 0.2) is 4.77 Å². The van der Waals surface area contributed by atoms with Gasteiger partial charge in [-0.05, 0) is 57.2 Å². The van der Waals surface area contributed by atoms with Crippen molar-refractivity contribution in [1.29, 1.82) is 0 Å². The zero-order valence-electron chi connectivity index (χ0n) is 11.0. The van der Waals surface area contributed by atoms with Crippen molar-refractivity contribution >= 4 is 23.3 Å². The van der Waals surface area contributed by atoms with Gasteiger partial charge in [0.05, 0.1) is 5.52 Å². The average molecular weight is 279 g/mol. The Morgan fingerprint density at radius 1 is 1.37 bits per heavy atom. The molecule has 1 aliphatic rings. The van der Waals surface area contributed by atoms with Crippen molar-refractivity contribution in [2.75, 3.05) is 19.6 Å². The quantitative estimate of drug-likeness (QED) is 0.870. The standard InChI is InChI=1S/C14H18FN3S/c1-10(9-17-7-2-3-8-17)18-12-6-4-5-11(15)13(12)16-14(18)19/h4-6,10H,2-3,7-9H2,1H3,(H,16,19). The van der Waals surface area contributed by atoms with Gasteiger partial charge in [0.1, 0.15) is 11.3 Å². The largest absolute Gasteiger partial charge is 0.328 e. The number of benzene rings is 1. The van der Waals surface area contributed by atoms with E-state index in [0.29, 0.717) is 10.3 Å². The Hall–Kier alpha value is -1.20. The lowest BCUT2D eigenvalue weighted by atomic mass is 10.2. The van der Waals surface area contributed by atoms with Crippen LogP contribution in [0.2, 0.25) is 0 Å². The van der Waals surface area contributed by atoms with Crippen LogP contribution in [0.1, 0.15) is 25.8 Å². The number of halogens is 1. The number of imidazole rings is 1. The Morgan fingerprint density at radius 3 is 2.84 bits per heavy atom. The third kappa shape index (κ3) is 2.32. The van der Waals surface area contributed by atoms with Gasteiger partial charge in [0, 0.05) is 12.6 Å². The van der Waals surface area contributed by atoms with Crippen LogP contribution in [0.15, 0.2) is 18.2 Å². The molecule has 0 bridgehead atoms. The highest BCUT2D eigenvalue weighted by atomic mass is 32.1. The van der Waals surface area contributed by atoms with Crippen LogP contribution in [-0.4, -0.2) is 34.1 Å². The van der Waals surface area contributed by atoms with E-state index in [1.165, 1.54) is 18.9 Å². The molecule has 1 N–H and O–H groups in total. The zero-order valence-corrected chi connectivity index (χ0v) is 11.8. The molecule has 1 unspecified atom stereocenters. The van der Waals surface area contributed by atoms with Crippen LogP contribution < -0.4 is 0 Å². The normalized spacial score (nSPS) is 18.2. The van der Waals surface area contributed by atoms with Crippen molar-refractivity contribution in [3.63, 3.8) is 0 Å². The van der Waals surface area contributed by atoms with E-state index >= 15 is 0 Å². The summed E-state index contributed by atoms with van der Waals surface area (Å²) in [4.78, 5) is 5.43. The number of fused-ring (bicyclic) bond motifs is 1. The fourth-order valence-corrected chi connectivity index (χ4v) is 3.35. The van der Waals surface area contributed by atoms with Crippen molar-refractivity contribution in [3.05, 3.63) is 28.8 Å². The van der Waals surface area contributed by atoms with Gasteiger partial charge in [-0.1, -0.05) is 6.07 Å². The fraction of sp³-hybridized carbons (Fsp3) is 0.500. The van der Waals surface area contributed by atoms with E-state index in [9.17, 15) is 4.39 Å².